The molecule has 1 aliphatic heterocycles. The summed E-state index contributed by atoms with van der Waals surface area (Å²) in [7, 11) is 1.34. The number of esters is 1. The highest BCUT2D eigenvalue weighted by Crippen LogP contribution is 2.43. The molecule has 1 atom stereocenters. The number of carbonyl (C=O) groups is 1. The van der Waals surface area contributed by atoms with Gasteiger partial charge in [-0.3, -0.25) is 4.98 Å². The predicted molar refractivity (Wildman–Crippen MR) is 142 cm³/mol. The number of halogens is 1. The van der Waals surface area contributed by atoms with Crippen LogP contribution in [0, 0.1) is 25.6 Å². The van der Waals surface area contributed by atoms with Crippen LogP contribution in [-0.4, -0.2) is 41.0 Å². The molecule has 0 saturated carbocycles. The maximum Gasteiger partial charge on any atom is 0.339 e. The summed E-state index contributed by atoms with van der Waals surface area (Å²) in [4.78, 5) is 17.1. The van der Waals surface area contributed by atoms with E-state index >= 15 is 4.39 Å². The van der Waals surface area contributed by atoms with Gasteiger partial charge in [-0.05, 0) is 50.3 Å². The Morgan fingerprint density at radius 1 is 1.13 bits per heavy atom. The first kappa shape index (κ1) is 24.3. The second-order valence-electron chi connectivity index (χ2n) is 9.78. The van der Waals surface area contributed by atoms with E-state index in [1.54, 1.807) is 19.1 Å². The van der Waals surface area contributed by atoms with Gasteiger partial charge >= 0.3 is 5.97 Å². The topological polar surface area (TPSA) is 79.4 Å². The van der Waals surface area contributed by atoms with Crippen molar-refractivity contribution in [3.63, 3.8) is 0 Å². The second-order valence-corrected chi connectivity index (χ2v) is 9.78. The molecule has 1 fully saturated rings. The number of fused-ring (bicyclic) bond motifs is 3. The molecule has 2 aromatic carbocycles. The molecule has 7 nitrogen and oxygen atoms in total. The lowest BCUT2D eigenvalue weighted by molar-refractivity contribution is 0.0552. The molecule has 0 radical (unpaired) electrons. The van der Waals surface area contributed by atoms with E-state index in [0.717, 1.165) is 18.4 Å². The lowest BCUT2D eigenvalue weighted by atomic mass is 9.86. The number of aryl methyl sites for hydroxylation is 2. The van der Waals surface area contributed by atoms with Crippen LogP contribution in [0.2, 0.25) is 0 Å². The summed E-state index contributed by atoms with van der Waals surface area (Å²) in [5, 5.41) is 4.73. The molecule has 0 aliphatic carbocycles. The number of hydrogen-bond donors (Lipinski definition) is 0. The molecule has 0 amide bonds. The molecule has 0 spiro atoms. The predicted octanol–water partition coefficient (Wildman–Crippen LogP) is 6.40. The summed E-state index contributed by atoms with van der Waals surface area (Å²) < 4.78 is 34.9. The number of ether oxygens (including phenoxy) is 2. The quantitative estimate of drug-likeness (QED) is 0.253. The van der Waals surface area contributed by atoms with Crippen LogP contribution in [0.5, 0.6) is 0 Å². The van der Waals surface area contributed by atoms with Crippen LogP contribution < -0.4 is 0 Å². The van der Waals surface area contributed by atoms with Crippen molar-refractivity contribution in [1.82, 2.24) is 14.7 Å². The van der Waals surface area contributed by atoms with Gasteiger partial charge in [-0.2, -0.15) is 0 Å². The van der Waals surface area contributed by atoms with E-state index in [2.05, 4.69) is 22.3 Å². The molecule has 0 N–H and O–H groups in total. The molecule has 4 heterocycles. The van der Waals surface area contributed by atoms with E-state index in [0.29, 0.717) is 63.3 Å². The highest BCUT2D eigenvalue weighted by molar-refractivity contribution is 6.09. The molecule has 5 aromatic rings. The van der Waals surface area contributed by atoms with Gasteiger partial charge < -0.3 is 18.6 Å². The second kappa shape index (κ2) is 9.68. The third-order valence-corrected chi connectivity index (χ3v) is 7.59. The van der Waals surface area contributed by atoms with Crippen molar-refractivity contribution in [1.29, 1.82) is 0 Å². The number of nitrogens with zero attached hydrogens (tertiary/aromatic N) is 3. The lowest BCUT2D eigenvalue weighted by Gasteiger charge is -2.33. The van der Waals surface area contributed by atoms with Crippen LogP contribution in [0.15, 0.2) is 59.3 Å². The summed E-state index contributed by atoms with van der Waals surface area (Å²) in [5.41, 5.74) is 4.81. The average molecular weight is 514 g/mol. The maximum atomic E-state index is 16.8. The number of pyridine rings is 1. The van der Waals surface area contributed by atoms with Crippen molar-refractivity contribution in [3.8, 4) is 11.1 Å². The molecule has 1 aliphatic rings. The third kappa shape index (κ3) is 3.87. The summed E-state index contributed by atoms with van der Waals surface area (Å²) in [6, 6.07) is 15.3. The average Bonchev–Trinajstić information content (AvgIpc) is 3.46. The maximum absolute atomic E-state index is 16.8. The van der Waals surface area contributed by atoms with Crippen molar-refractivity contribution in [3.05, 3.63) is 83.1 Å². The number of carbonyl (C=O) groups excluding carboxylic acids is 1. The summed E-state index contributed by atoms with van der Waals surface area (Å²) in [6.45, 7) is 4.88. The van der Waals surface area contributed by atoms with E-state index in [1.807, 2.05) is 35.8 Å². The molecule has 38 heavy (non-hydrogen) atoms. The summed E-state index contributed by atoms with van der Waals surface area (Å²) >= 11 is 0. The normalized spacial score (nSPS) is 15.3. The van der Waals surface area contributed by atoms with Gasteiger partial charge in [0.15, 0.2) is 5.82 Å². The highest BCUT2D eigenvalue weighted by atomic mass is 19.1. The van der Waals surface area contributed by atoms with Crippen LogP contribution in [0.25, 0.3) is 33.1 Å². The molecule has 3 aromatic heterocycles. The van der Waals surface area contributed by atoms with E-state index < -0.39 is 5.97 Å². The van der Waals surface area contributed by atoms with Gasteiger partial charge in [-0.15, -0.1) is 0 Å². The minimum absolute atomic E-state index is 0.189. The molecule has 0 unspecified atom stereocenters. The zero-order valence-corrected chi connectivity index (χ0v) is 21.5. The van der Waals surface area contributed by atoms with Crippen molar-refractivity contribution >= 4 is 27.9 Å². The van der Waals surface area contributed by atoms with E-state index in [4.69, 9.17) is 14.0 Å². The molecular weight excluding hydrogens is 485 g/mol. The minimum atomic E-state index is -0.490. The summed E-state index contributed by atoms with van der Waals surface area (Å²) in [6.07, 6.45) is 3.15. The molecule has 0 bridgehead atoms. The standard InChI is InChI=1S/C30H28FN3O4/c1-17-25(18(2)38-33-17)22-9-10-23-27-24(15-21(16-32-27)30(35)36-3)34(29(23)26(22)31)28(19-7-5-4-6-8-19)20-11-13-37-14-12-20/h4-10,15-16,20,28H,11-14H2,1-3H3/t28-/m1/s1. The molecule has 8 heteroatoms. The van der Waals surface area contributed by atoms with E-state index in [9.17, 15) is 4.79 Å². The van der Waals surface area contributed by atoms with Crippen molar-refractivity contribution in [2.45, 2.75) is 32.7 Å². The first-order valence-electron chi connectivity index (χ1n) is 12.8. The number of rotatable bonds is 5. The fourth-order valence-corrected chi connectivity index (χ4v) is 5.85. The van der Waals surface area contributed by atoms with Gasteiger partial charge in [0.25, 0.3) is 0 Å². The van der Waals surface area contributed by atoms with Gasteiger partial charge in [-0.25, -0.2) is 9.18 Å². The van der Waals surface area contributed by atoms with Gasteiger partial charge in [0, 0.05) is 30.4 Å². The van der Waals surface area contributed by atoms with E-state index in [-0.39, 0.29) is 17.8 Å². The number of methoxy groups -OCH3 is 1. The lowest BCUT2D eigenvalue weighted by Crippen LogP contribution is -2.27. The van der Waals surface area contributed by atoms with Gasteiger partial charge in [-0.1, -0.05) is 41.6 Å². The van der Waals surface area contributed by atoms with Crippen molar-refractivity contribution < 1.29 is 23.2 Å². The smallest absolute Gasteiger partial charge is 0.339 e. The Kier molecular flexibility index (Phi) is 6.19. The van der Waals surface area contributed by atoms with Crippen molar-refractivity contribution in [2.24, 2.45) is 5.92 Å². The Bertz CT molecular complexity index is 1630. The SMILES string of the molecule is COC(=O)c1cnc2c3ccc(-c4c(C)noc4C)c(F)c3n([C@H](c3ccccc3)C3CCOCC3)c2c1. The Balaban J connectivity index is 1.73. The zero-order valence-electron chi connectivity index (χ0n) is 21.5. The number of aromatic nitrogens is 3. The fraction of sp³-hybridized carbons (Fsp3) is 0.300. The Labute approximate surface area is 219 Å². The van der Waals surface area contributed by atoms with E-state index in [1.165, 1.54) is 13.3 Å². The van der Waals surface area contributed by atoms with Crippen LogP contribution in [0.1, 0.15) is 46.3 Å². The fourth-order valence-electron chi connectivity index (χ4n) is 5.85. The molecule has 194 valence electrons. The molecule has 1 saturated heterocycles. The van der Waals surface area contributed by atoms with Crippen LogP contribution in [-0.2, 0) is 9.47 Å². The van der Waals surface area contributed by atoms with Crippen molar-refractivity contribution in [2.75, 3.05) is 20.3 Å². The number of benzene rings is 2. The van der Waals surface area contributed by atoms with Crippen LogP contribution in [0.3, 0.4) is 0 Å². The Hall–Kier alpha value is -4.04. The van der Waals surface area contributed by atoms with Crippen LogP contribution in [0.4, 0.5) is 4.39 Å². The van der Waals surface area contributed by atoms with Gasteiger partial charge in [0.05, 0.1) is 46.5 Å². The minimum Gasteiger partial charge on any atom is -0.465 e. The Morgan fingerprint density at radius 3 is 2.58 bits per heavy atom. The van der Waals surface area contributed by atoms with Gasteiger partial charge in [0.2, 0.25) is 0 Å². The molecule has 6 rings (SSSR count). The van der Waals surface area contributed by atoms with Gasteiger partial charge in [0.1, 0.15) is 5.76 Å². The largest absolute Gasteiger partial charge is 0.465 e. The number of hydrogen-bond acceptors (Lipinski definition) is 6. The molecular formula is C30H28FN3O4. The highest BCUT2D eigenvalue weighted by Gasteiger charge is 2.32. The Morgan fingerprint density at radius 2 is 1.89 bits per heavy atom. The third-order valence-electron chi connectivity index (χ3n) is 7.59. The first-order chi connectivity index (χ1) is 18.5. The van der Waals surface area contributed by atoms with Crippen LogP contribution >= 0.6 is 0 Å². The first-order valence-corrected chi connectivity index (χ1v) is 12.8. The zero-order chi connectivity index (χ0) is 26.4. The monoisotopic (exact) mass is 513 g/mol. The summed E-state index contributed by atoms with van der Waals surface area (Å²) in [5.74, 6) is -0.120.